The molecule has 4 rings (SSSR count). The maximum absolute atomic E-state index is 14.9. The number of carbonyl (C=O) groups excluding carboxylic acids is 2. The summed E-state index contributed by atoms with van der Waals surface area (Å²) in [6, 6.07) is 8.49. The van der Waals surface area contributed by atoms with E-state index in [0.29, 0.717) is 29.2 Å². The minimum atomic E-state index is -0.838. The number of aromatic nitrogens is 2. The number of halogens is 2. The number of carbonyl (C=O) groups is 2. The molecule has 0 spiro atoms. The average Bonchev–Trinajstić information content (AvgIpc) is 2.91. The van der Waals surface area contributed by atoms with Gasteiger partial charge in [0.15, 0.2) is 5.82 Å². The van der Waals surface area contributed by atoms with Crippen LogP contribution in [0.1, 0.15) is 53.5 Å². The first-order valence-electron chi connectivity index (χ1n) is 14.6. The number of rotatable bonds is 5. The van der Waals surface area contributed by atoms with Gasteiger partial charge < -0.3 is 24.8 Å². The molecule has 0 saturated heterocycles. The number of nitrogens with zero attached hydrogens (tertiary/aromatic N) is 3. The molecule has 1 aliphatic heterocycles. The van der Waals surface area contributed by atoms with Crippen LogP contribution in [-0.2, 0) is 26.0 Å². The number of alkyl carbamates (subject to hydrolysis) is 1. The maximum atomic E-state index is 14.9. The summed E-state index contributed by atoms with van der Waals surface area (Å²) in [5.74, 6) is -0.625. The van der Waals surface area contributed by atoms with Crippen molar-refractivity contribution in [3.8, 4) is 22.8 Å². The monoisotopic (exact) mass is 643 g/mol. The molecule has 0 saturated carbocycles. The zero-order valence-corrected chi connectivity index (χ0v) is 27.3. The van der Waals surface area contributed by atoms with Crippen LogP contribution in [-0.4, -0.2) is 52.6 Å². The highest BCUT2D eigenvalue weighted by atomic mass is 32.2. The molecule has 2 amide bonds. The lowest BCUT2D eigenvalue weighted by molar-refractivity contribution is -0.120. The van der Waals surface area contributed by atoms with Gasteiger partial charge in [-0.1, -0.05) is 24.5 Å². The zero-order valence-electron chi connectivity index (χ0n) is 26.4. The molecule has 0 fully saturated rings. The van der Waals surface area contributed by atoms with Crippen molar-refractivity contribution >= 4 is 34.3 Å². The number of anilines is 2. The van der Waals surface area contributed by atoms with Crippen molar-refractivity contribution in [3.05, 3.63) is 59.8 Å². The van der Waals surface area contributed by atoms with Crippen molar-refractivity contribution in [2.75, 3.05) is 18.2 Å². The Bertz CT molecular complexity index is 1590. The summed E-state index contributed by atoms with van der Waals surface area (Å²) in [6.45, 7) is 11.0. The first-order valence-corrected chi connectivity index (χ1v) is 16.3. The minimum absolute atomic E-state index is 0.0349. The summed E-state index contributed by atoms with van der Waals surface area (Å²) in [5.41, 5.74) is 0.951. The first kappa shape index (κ1) is 33.8. The van der Waals surface area contributed by atoms with Gasteiger partial charge in [-0.25, -0.2) is 23.5 Å². The lowest BCUT2D eigenvalue weighted by Crippen LogP contribution is -2.46. The molecule has 13 heteroatoms. The normalized spacial score (nSPS) is 16.3. The molecule has 10 nitrogen and oxygen atoms in total. The van der Waals surface area contributed by atoms with Gasteiger partial charge in [0.2, 0.25) is 5.95 Å². The topological polar surface area (TPSA) is 124 Å². The van der Waals surface area contributed by atoms with E-state index in [0.717, 1.165) is 11.8 Å². The van der Waals surface area contributed by atoms with Crippen LogP contribution in [0.2, 0.25) is 0 Å². The van der Waals surface area contributed by atoms with E-state index in [1.165, 1.54) is 18.2 Å². The van der Waals surface area contributed by atoms with Crippen molar-refractivity contribution < 1.29 is 32.6 Å². The number of hydrogen-bond donors (Lipinski definition) is 2. The molecule has 2 aromatic carbocycles. The fraction of sp³-hybridized carbons (Fsp3) is 0.438. The molecule has 3 atom stereocenters. The fourth-order valence-corrected chi connectivity index (χ4v) is 5.63. The van der Waals surface area contributed by atoms with Crippen molar-refractivity contribution in [3.63, 3.8) is 0 Å². The summed E-state index contributed by atoms with van der Waals surface area (Å²) < 4.78 is 50.7. The number of hydrogen-bond acceptors (Lipinski definition) is 8. The predicted octanol–water partition coefficient (Wildman–Crippen LogP) is 6.72. The van der Waals surface area contributed by atoms with Crippen molar-refractivity contribution in [1.29, 1.82) is 0 Å². The van der Waals surface area contributed by atoms with E-state index in [1.807, 2.05) is 39.2 Å². The van der Waals surface area contributed by atoms with Gasteiger partial charge in [0.25, 0.3) is 5.91 Å². The Kier molecular flexibility index (Phi) is 10.7. The molecular formula is C32H39F2N5O5S. The van der Waals surface area contributed by atoms with Gasteiger partial charge in [-0.3, -0.25) is 4.79 Å². The van der Waals surface area contributed by atoms with E-state index < -0.39 is 46.0 Å². The van der Waals surface area contributed by atoms with Crippen LogP contribution < -0.4 is 20.1 Å². The van der Waals surface area contributed by atoms with Gasteiger partial charge in [-0.15, -0.1) is 0 Å². The molecule has 3 aromatic rings. The number of ether oxygens (including phenoxy) is 3. The second kappa shape index (κ2) is 14.3. The number of nitrogens with one attached hydrogen (secondary N) is 2. The molecule has 242 valence electrons. The van der Waals surface area contributed by atoms with E-state index in [1.54, 1.807) is 26.8 Å². The molecule has 0 aliphatic carbocycles. The quantitative estimate of drug-likeness (QED) is 0.314. The lowest BCUT2D eigenvalue weighted by atomic mass is 10.0. The van der Waals surface area contributed by atoms with Crippen LogP contribution in [0.25, 0.3) is 11.3 Å². The minimum Gasteiger partial charge on any atom is -0.493 e. The SMILES string of the molecule is CC1CCOc2cc(F)ccc2-c2nc(ncc2F)Nc2cc(C/S(C)=N\C(=O)C(NC(=O)OC(C)(C)C)C(C)C)cc(c2)O1. The molecule has 1 aromatic heterocycles. The standard InChI is InChI=1S/C32H39F2N5O5S/c1-18(2)27(38-31(41)44-32(4,5)6)29(40)39-45(7)17-20-12-22-15-23(13-20)43-19(3)10-11-42-26-14-21(33)8-9-24(26)28-25(34)16-35-30(36-22)37-28/h8-9,12-16,18-19,27H,10-11,17H2,1-7H3,(H,38,41)(H,35,36,37). The Hall–Kier alpha value is -4.13. The number of fused-ring (bicyclic) bond motifs is 6. The highest BCUT2D eigenvalue weighted by Crippen LogP contribution is 2.33. The summed E-state index contributed by atoms with van der Waals surface area (Å²) in [7, 11) is -0.759. The second-order valence-corrected chi connectivity index (χ2v) is 13.8. The van der Waals surface area contributed by atoms with E-state index in [2.05, 4.69) is 25.0 Å². The summed E-state index contributed by atoms with van der Waals surface area (Å²) in [4.78, 5) is 33.9. The number of amides is 2. The van der Waals surface area contributed by atoms with E-state index in [9.17, 15) is 18.4 Å². The summed E-state index contributed by atoms with van der Waals surface area (Å²) >= 11 is 0. The molecule has 1 aliphatic rings. The number of benzene rings is 2. The van der Waals surface area contributed by atoms with Gasteiger partial charge >= 0.3 is 6.09 Å². The molecule has 4 bridgehead atoms. The molecule has 0 radical (unpaired) electrons. The smallest absolute Gasteiger partial charge is 0.408 e. The van der Waals surface area contributed by atoms with Gasteiger partial charge in [0.1, 0.15) is 34.7 Å². The van der Waals surface area contributed by atoms with Crippen molar-refractivity contribution in [2.45, 2.75) is 71.5 Å². The van der Waals surface area contributed by atoms with Crippen molar-refractivity contribution in [2.24, 2.45) is 10.3 Å². The van der Waals surface area contributed by atoms with E-state index in [-0.39, 0.29) is 36.0 Å². The van der Waals surface area contributed by atoms with Crippen LogP contribution in [0.15, 0.2) is 47.0 Å². The fourth-order valence-electron chi connectivity index (χ4n) is 4.50. The highest BCUT2D eigenvalue weighted by Gasteiger charge is 2.27. The van der Waals surface area contributed by atoms with Gasteiger partial charge in [-0.2, -0.15) is 4.36 Å². The van der Waals surface area contributed by atoms with Crippen LogP contribution in [0, 0.1) is 17.6 Å². The van der Waals surface area contributed by atoms with E-state index in [4.69, 9.17) is 14.2 Å². The van der Waals surface area contributed by atoms with Gasteiger partial charge in [0, 0.05) is 35.6 Å². The van der Waals surface area contributed by atoms with E-state index >= 15 is 0 Å². The molecular weight excluding hydrogens is 604 g/mol. The Balaban J connectivity index is 1.62. The largest absolute Gasteiger partial charge is 0.493 e. The highest BCUT2D eigenvalue weighted by molar-refractivity contribution is 7.86. The molecule has 3 unspecified atom stereocenters. The summed E-state index contributed by atoms with van der Waals surface area (Å²) in [5, 5.41) is 5.76. The Morgan fingerprint density at radius 2 is 1.96 bits per heavy atom. The second-order valence-electron chi connectivity index (χ2n) is 12.1. The maximum Gasteiger partial charge on any atom is 0.408 e. The zero-order chi connectivity index (χ0) is 32.9. The molecule has 2 heterocycles. The lowest BCUT2D eigenvalue weighted by Gasteiger charge is -2.24. The predicted molar refractivity (Wildman–Crippen MR) is 170 cm³/mol. The van der Waals surface area contributed by atoms with Gasteiger partial charge in [0.05, 0.1) is 18.9 Å². The van der Waals surface area contributed by atoms with Gasteiger partial charge in [-0.05, 0) is 69.7 Å². The Labute approximate surface area is 264 Å². The Morgan fingerprint density at radius 3 is 2.67 bits per heavy atom. The molecule has 45 heavy (non-hydrogen) atoms. The third-order valence-electron chi connectivity index (χ3n) is 6.51. The van der Waals surface area contributed by atoms with Crippen LogP contribution in [0.5, 0.6) is 11.5 Å². The van der Waals surface area contributed by atoms with Crippen LogP contribution in [0.4, 0.5) is 25.2 Å². The summed E-state index contributed by atoms with van der Waals surface area (Å²) in [6.07, 6.45) is 2.38. The van der Waals surface area contributed by atoms with Crippen molar-refractivity contribution in [1.82, 2.24) is 15.3 Å². The first-order chi connectivity index (χ1) is 21.2. The average molecular weight is 644 g/mol. The third-order valence-corrected chi connectivity index (χ3v) is 7.75. The third kappa shape index (κ3) is 9.68. The van der Waals surface area contributed by atoms with Crippen LogP contribution >= 0.6 is 0 Å². The Morgan fingerprint density at radius 1 is 1.20 bits per heavy atom. The molecule has 2 N–H and O–H groups in total. The van der Waals surface area contributed by atoms with Crippen LogP contribution in [0.3, 0.4) is 0 Å².